The van der Waals surface area contributed by atoms with Gasteiger partial charge in [0.25, 0.3) is 5.56 Å². The molecule has 0 saturated carbocycles. The fourth-order valence-corrected chi connectivity index (χ4v) is 4.15. The highest BCUT2D eigenvalue weighted by Crippen LogP contribution is 2.21. The fourth-order valence-electron chi connectivity index (χ4n) is 4.15. The average Bonchev–Trinajstić information content (AvgIpc) is 3.39. The van der Waals surface area contributed by atoms with Crippen LogP contribution in [0.3, 0.4) is 0 Å². The number of nitrogens with one attached hydrogen (secondary N) is 1. The van der Waals surface area contributed by atoms with Gasteiger partial charge >= 0.3 is 5.97 Å². The molecule has 0 aliphatic carbocycles. The van der Waals surface area contributed by atoms with Gasteiger partial charge in [-0.3, -0.25) is 9.59 Å². The Morgan fingerprint density at radius 3 is 2.65 bits per heavy atom. The number of nitrogens with zero attached hydrogens (tertiary/aromatic N) is 5. The van der Waals surface area contributed by atoms with E-state index in [1.54, 1.807) is 36.7 Å². The van der Waals surface area contributed by atoms with E-state index in [0.717, 1.165) is 16.7 Å². The highest BCUT2D eigenvalue weighted by Gasteiger charge is 2.30. The number of aromatic nitrogens is 4. The van der Waals surface area contributed by atoms with Crippen LogP contribution in [0, 0.1) is 11.3 Å². The number of hydrogen-bond donors (Lipinski definition) is 2. The Bertz CT molecular complexity index is 1540. The molecule has 37 heavy (non-hydrogen) atoms. The molecule has 0 bridgehead atoms. The van der Waals surface area contributed by atoms with Gasteiger partial charge < -0.3 is 15.2 Å². The van der Waals surface area contributed by atoms with Gasteiger partial charge in [0.05, 0.1) is 36.3 Å². The van der Waals surface area contributed by atoms with Crippen molar-refractivity contribution >= 4 is 5.97 Å². The minimum atomic E-state index is -0.894. The molecule has 0 unspecified atom stereocenters. The van der Waals surface area contributed by atoms with Crippen molar-refractivity contribution < 1.29 is 14.6 Å². The van der Waals surface area contributed by atoms with Crippen LogP contribution in [0.5, 0.6) is 5.75 Å². The van der Waals surface area contributed by atoms with Gasteiger partial charge in [-0.05, 0) is 29.8 Å². The summed E-state index contributed by atoms with van der Waals surface area (Å²) in [6, 6.07) is 19.2. The van der Waals surface area contributed by atoms with E-state index in [4.69, 9.17) is 15.1 Å². The van der Waals surface area contributed by atoms with Gasteiger partial charge in [-0.1, -0.05) is 30.3 Å². The number of carboxylic acids is 1. The van der Waals surface area contributed by atoms with Crippen molar-refractivity contribution in [2.75, 3.05) is 6.54 Å². The molecule has 0 amide bonds. The highest BCUT2D eigenvalue weighted by molar-refractivity contribution is 5.74. The standard InChI is InChI=1S/C27H22N6O4/c28-12-17-3-1-5-19(9-17)23-7-8-25(34)33(32-23)16-18-4-2-6-20(10-18)26-30-14-22(15-31-26)37-21-11-24(27(35)36)29-13-21/h1-10,14-15,21,24,29H,11,13,16H2,(H,35,36)/t21-,24-/m0/s1. The van der Waals surface area contributed by atoms with Crippen molar-refractivity contribution in [3.63, 3.8) is 0 Å². The smallest absolute Gasteiger partial charge is 0.320 e. The summed E-state index contributed by atoms with van der Waals surface area (Å²) in [4.78, 5) is 32.4. The lowest BCUT2D eigenvalue weighted by Gasteiger charge is -2.12. The third-order valence-corrected chi connectivity index (χ3v) is 5.99. The number of nitriles is 1. The third kappa shape index (κ3) is 5.52. The molecule has 1 fully saturated rings. The van der Waals surface area contributed by atoms with Crippen molar-refractivity contribution in [3.05, 3.63) is 94.5 Å². The zero-order valence-electron chi connectivity index (χ0n) is 19.6. The van der Waals surface area contributed by atoms with Crippen LogP contribution in [0.4, 0.5) is 0 Å². The molecule has 0 radical (unpaired) electrons. The second kappa shape index (κ2) is 10.4. The Hall–Kier alpha value is -4.88. The summed E-state index contributed by atoms with van der Waals surface area (Å²) < 4.78 is 7.19. The van der Waals surface area contributed by atoms with Crippen LogP contribution in [-0.4, -0.2) is 49.5 Å². The van der Waals surface area contributed by atoms with E-state index < -0.39 is 12.0 Å². The first kappa shape index (κ1) is 23.8. The van der Waals surface area contributed by atoms with Gasteiger partial charge in [0.15, 0.2) is 11.6 Å². The van der Waals surface area contributed by atoms with Crippen LogP contribution >= 0.6 is 0 Å². The van der Waals surface area contributed by atoms with Gasteiger partial charge in [0.1, 0.15) is 12.1 Å². The lowest BCUT2D eigenvalue weighted by atomic mass is 10.1. The quantitative estimate of drug-likeness (QED) is 0.396. The van der Waals surface area contributed by atoms with Crippen LogP contribution in [-0.2, 0) is 11.3 Å². The zero-order valence-corrected chi connectivity index (χ0v) is 19.6. The van der Waals surface area contributed by atoms with E-state index in [-0.39, 0.29) is 18.2 Å². The van der Waals surface area contributed by atoms with Crippen molar-refractivity contribution in [1.29, 1.82) is 5.26 Å². The van der Waals surface area contributed by atoms with Crippen molar-refractivity contribution in [3.8, 4) is 34.5 Å². The van der Waals surface area contributed by atoms with E-state index in [9.17, 15) is 9.59 Å². The topological polar surface area (TPSA) is 143 Å². The molecule has 4 aromatic rings. The summed E-state index contributed by atoms with van der Waals surface area (Å²) in [6.45, 7) is 0.693. The van der Waals surface area contributed by atoms with Crippen molar-refractivity contribution in [1.82, 2.24) is 25.1 Å². The number of rotatable bonds is 7. The molecule has 1 aliphatic heterocycles. The molecule has 2 aromatic carbocycles. The Balaban J connectivity index is 1.31. The maximum absolute atomic E-state index is 12.5. The maximum atomic E-state index is 12.5. The molecule has 1 aliphatic rings. The lowest BCUT2D eigenvalue weighted by Crippen LogP contribution is -2.30. The Morgan fingerprint density at radius 2 is 1.89 bits per heavy atom. The number of carboxylic acid groups (broad SMARTS) is 1. The van der Waals surface area contributed by atoms with Gasteiger partial charge in [-0.15, -0.1) is 0 Å². The van der Waals surface area contributed by atoms with Gasteiger partial charge in [0, 0.05) is 30.2 Å². The highest BCUT2D eigenvalue weighted by atomic mass is 16.5. The largest absolute Gasteiger partial charge is 0.486 e. The van der Waals surface area contributed by atoms with Gasteiger partial charge in [0.2, 0.25) is 0 Å². The minimum Gasteiger partial charge on any atom is -0.486 e. The van der Waals surface area contributed by atoms with Crippen LogP contribution in [0.25, 0.3) is 22.6 Å². The molecule has 5 rings (SSSR count). The van der Waals surface area contributed by atoms with Crippen LogP contribution in [0.1, 0.15) is 17.5 Å². The van der Waals surface area contributed by atoms with E-state index in [0.29, 0.717) is 35.8 Å². The van der Waals surface area contributed by atoms with Crippen molar-refractivity contribution in [2.45, 2.75) is 25.1 Å². The molecule has 10 heteroatoms. The third-order valence-electron chi connectivity index (χ3n) is 5.99. The first-order chi connectivity index (χ1) is 18.0. The molecular formula is C27H22N6O4. The second-order valence-corrected chi connectivity index (χ2v) is 8.62. The SMILES string of the molecule is N#Cc1cccc(-c2ccc(=O)n(Cc3cccc(-c4ncc(O[C@@H]5CN[C@H](C(=O)O)C5)cn4)c3)n2)c1. The summed E-state index contributed by atoms with van der Waals surface area (Å²) in [5, 5.41) is 25.7. The predicted octanol–water partition coefficient (Wildman–Crippen LogP) is 2.48. The molecule has 3 heterocycles. The van der Waals surface area contributed by atoms with Gasteiger partial charge in [-0.2, -0.15) is 10.4 Å². The molecule has 184 valence electrons. The van der Waals surface area contributed by atoms with E-state index in [1.165, 1.54) is 10.7 Å². The molecule has 2 aromatic heterocycles. The minimum absolute atomic E-state index is 0.241. The average molecular weight is 495 g/mol. The Morgan fingerprint density at radius 1 is 1.11 bits per heavy atom. The number of aliphatic carboxylic acids is 1. The van der Waals surface area contributed by atoms with E-state index in [2.05, 4.69) is 26.5 Å². The second-order valence-electron chi connectivity index (χ2n) is 8.62. The summed E-state index contributed by atoms with van der Waals surface area (Å²) in [7, 11) is 0. The van der Waals surface area contributed by atoms with Crippen LogP contribution < -0.4 is 15.6 Å². The Kier molecular flexibility index (Phi) is 6.70. The number of carbonyl (C=O) groups is 1. The van der Waals surface area contributed by atoms with E-state index in [1.807, 2.05) is 30.3 Å². The Labute approximate surface area is 211 Å². The molecule has 10 nitrogen and oxygen atoms in total. The predicted molar refractivity (Wildman–Crippen MR) is 134 cm³/mol. The van der Waals surface area contributed by atoms with Gasteiger partial charge in [-0.25, -0.2) is 14.6 Å². The van der Waals surface area contributed by atoms with Crippen LogP contribution in [0.2, 0.25) is 0 Å². The zero-order chi connectivity index (χ0) is 25.8. The lowest BCUT2D eigenvalue weighted by molar-refractivity contribution is -0.139. The molecule has 1 saturated heterocycles. The normalized spacial score (nSPS) is 16.7. The molecular weight excluding hydrogens is 472 g/mol. The molecule has 2 atom stereocenters. The van der Waals surface area contributed by atoms with Crippen LogP contribution in [0.15, 0.2) is 77.9 Å². The van der Waals surface area contributed by atoms with E-state index >= 15 is 0 Å². The molecule has 2 N–H and O–H groups in total. The summed E-state index contributed by atoms with van der Waals surface area (Å²) >= 11 is 0. The summed E-state index contributed by atoms with van der Waals surface area (Å²) in [5.74, 6) is 0.0604. The number of hydrogen-bond acceptors (Lipinski definition) is 8. The monoisotopic (exact) mass is 494 g/mol. The number of benzene rings is 2. The number of ether oxygens (including phenoxy) is 1. The first-order valence-corrected chi connectivity index (χ1v) is 11.6. The van der Waals surface area contributed by atoms with Crippen molar-refractivity contribution in [2.24, 2.45) is 0 Å². The fraction of sp³-hybridized carbons (Fsp3) is 0.185. The first-order valence-electron chi connectivity index (χ1n) is 11.6. The maximum Gasteiger partial charge on any atom is 0.320 e. The molecule has 0 spiro atoms. The summed E-state index contributed by atoms with van der Waals surface area (Å²) in [6.07, 6.45) is 3.24. The summed E-state index contributed by atoms with van der Waals surface area (Å²) in [5.41, 5.74) is 3.24.